The van der Waals surface area contributed by atoms with Crippen LogP contribution in [0.5, 0.6) is 0 Å². The second-order valence-electron chi connectivity index (χ2n) is 5.02. The first-order chi connectivity index (χ1) is 9.78. The van der Waals surface area contributed by atoms with Gasteiger partial charge >= 0.3 is 0 Å². The molecule has 1 aromatic carbocycles. The minimum absolute atomic E-state index is 0.188. The van der Waals surface area contributed by atoms with Crippen LogP contribution in [-0.4, -0.2) is 39.7 Å². The molecule has 21 heavy (non-hydrogen) atoms. The number of halogens is 1. The lowest BCUT2D eigenvalue weighted by Gasteiger charge is -2.31. The van der Waals surface area contributed by atoms with Crippen LogP contribution in [-0.2, 0) is 10.0 Å². The molecule has 114 valence electrons. The van der Waals surface area contributed by atoms with E-state index in [1.165, 1.54) is 10.5 Å². The van der Waals surface area contributed by atoms with Crippen LogP contribution in [0, 0.1) is 0 Å². The molecule has 1 aliphatic rings. The van der Waals surface area contributed by atoms with E-state index in [1.54, 1.807) is 37.2 Å². The van der Waals surface area contributed by atoms with Crippen LogP contribution in [0.4, 0.5) is 5.69 Å². The van der Waals surface area contributed by atoms with Crippen LogP contribution >= 0.6 is 15.9 Å². The van der Waals surface area contributed by atoms with Crippen molar-refractivity contribution in [2.75, 3.05) is 24.9 Å². The topological polar surface area (TPSA) is 57.7 Å². The number of anilines is 1. The molecule has 0 aliphatic carbocycles. The van der Waals surface area contributed by atoms with E-state index < -0.39 is 15.8 Å². The van der Waals surface area contributed by atoms with Gasteiger partial charge in [-0.1, -0.05) is 22.9 Å². The monoisotopic (exact) mass is 372 g/mol. The number of allylic oxidation sites excluding steroid dienone is 1. The first-order valence-electron chi connectivity index (χ1n) is 6.54. The van der Waals surface area contributed by atoms with Crippen LogP contribution < -0.4 is 4.31 Å². The summed E-state index contributed by atoms with van der Waals surface area (Å²) in [7, 11) is -0.427. The van der Waals surface area contributed by atoms with Gasteiger partial charge in [0, 0.05) is 36.9 Å². The minimum atomic E-state index is -3.81. The van der Waals surface area contributed by atoms with Gasteiger partial charge in [0.15, 0.2) is 4.91 Å². The summed E-state index contributed by atoms with van der Waals surface area (Å²) in [5, 5.41) is 0. The fourth-order valence-corrected chi connectivity index (χ4v) is 4.34. The van der Waals surface area contributed by atoms with E-state index in [9.17, 15) is 13.2 Å². The molecule has 5 nitrogen and oxygen atoms in total. The van der Waals surface area contributed by atoms with Crippen LogP contribution in [0.1, 0.15) is 23.7 Å². The Kier molecular flexibility index (Phi) is 4.43. The zero-order valence-electron chi connectivity index (χ0n) is 12.1. The first kappa shape index (κ1) is 16.0. The highest BCUT2D eigenvalue weighted by Crippen LogP contribution is 2.36. The fourth-order valence-electron chi connectivity index (χ4n) is 2.21. The van der Waals surface area contributed by atoms with Gasteiger partial charge in [0.2, 0.25) is 5.78 Å². The smallest absolute Gasteiger partial charge is 0.269 e. The van der Waals surface area contributed by atoms with Gasteiger partial charge in [-0.15, -0.1) is 0 Å². The Balaban J connectivity index is 2.74. The van der Waals surface area contributed by atoms with Gasteiger partial charge in [-0.3, -0.25) is 9.10 Å². The number of rotatable bonds is 3. The lowest BCUT2D eigenvalue weighted by molar-refractivity contribution is 0.104. The molecule has 0 saturated heterocycles. The zero-order chi connectivity index (χ0) is 15.8. The van der Waals surface area contributed by atoms with Gasteiger partial charge < -0.3 is 4.90 Å². The summed E-state index contributed by atoms with van der Waals surface area (Å²) in [5.74, 6) is -0.465. The second kappa shape index (κ2) is 5.81. The molecule has 0 amide bonds. The third kappa shape index (κ3) is 2.85. The van der Waals surface area contributed by atoms with E-state index in [2.05, 4.69) is 15.9 Å². The molecule has 0 saturated carbocycles. The van der Waals surface area contributed by atoms with Gasteiger partial charge in [0.25, 0.3) is 10.0 Å². The summed E-state index contributed by atoms with van der Waals surface area (Å²) in [6, 6.07) is 5.07. The number of benzene rings is 1. The van der Waals surface area contributed by atoms with E-state index in [1.807, 2.05) is 6.92 Å². The van der Waals surface area contributed by atoms with Crippen molar-refractivity contribution in [2.45, 2.75) is 13.3 Å². The summed E-state index contributed by atoms with van der Waals surface area (Å²) < 4.78 is 27.4. The van der Waals surface area contributed by atoms with Crippen molar-refractivity contribution in [2.24, 2.45) is 0 Å². The Hall–Kier alpha value is -1.34. The predicted octanol–water partition coefficient (Wildman–Crippen LogP) is 2.59. The molecule has 1 aromatic rings. The Labute approximate surface area is 133 Å². The standard InChI is InChI=1S/C14H17BrN2O3S/c1-4-7-17-12-6-5-10(15)8-11(12)14(18)13(9-16(2)3)21(17,19)20/h5-6,8-9H,4,7H2,1-3H3. The molecule has 7 heteroatoms. The van der Waals surface area contributed by atoms with E-state index in [0.717, 1.165) is 4.47 Å². The number of carbonyl (C=O) groups excluding carboxylic acids is 1. The molecular formula is C14H17BrN2O3S. The maximum absolute atomic E-state index is 12.7. The van der Waals surface area contributed by atoms with Gasteiger partial charge in [-0.25, -0.2) is 8.42 Å². The highest BCUT2D eigenvalue weighted by Gasteiger charge is 2.39. The van der Waals surface area contributed by atoms with Crippen LogP contribution in [0.15, 0.2) is 33.8 Å². The number of carbonyl (C=O) groups is 1. The number of nitrogens with zero attached hydrogens (tertiary/aromatic N) is 2. The van der Waals surface area contributed by atoms with Gasteiger partial charge in [0.05, 0.1) is 5.69 Å². The number of ketones is 1. The van der Waals surface area contributed by atoms with Crippen molar-refractivity contribution in [3.8, 4) is 0 Å². The molecule has 0 N–H and O–H groups in total. The molecule has 0 radical (unpaired) electrons. The van der Waals surface area contributed by atoms with Crippen LogP contribution in [0.2, 0.25) is 0 Å². The van der Waals surface area contributed by atoms with Gasteiger partial charge in [-0.05, 0) is 24.6 Å². The van der Waals surface area contributed by atoms with Crippen molar-refractivity contribution < 1.29 is 13.2 Å². The van der Waals surface area contributed by atoms with Gasteiger partial charge in [-0.2, -0.15) is 0 Å². The third-order valence-corrected chi connectivity index (χ3v) is 5.37. The average molecular weight is 373 g/mol. The largest absolute Gasteiger partial charge is 0.382 e. The molecule has 0 bridgehead atoms. The number of hydrogen-bond donors (Lipinski definition) is 0. The number of fused-ring (bicyclic) bond motifs is 1. The van der Waals surface area contributed by atoms with E-state index in [0.29, 0.717) is 24.2 Å². The fraction of sp³-hybridized carbons (Fsp3) is 0.357. The highest BCUT2D eigenvalue weighted by molar-refractivity contribution is 9.10. The summed E-state index contributed by atoms with van der Waals surface area (Å²) in [4.78, 5) is 13.9. The Morgan fingerprint density at radius 3 is 2.57 bits per heavy atom. The summed E-state index contributed by atoms with van der Waals surface area (Å²) in [5.41, 5.74) is 0.849. The highest BCUT2D eigenvalue weighted by atomic mass is 79.9. The van der Waals surface area contributed by atoms with Crippen molar-refractivity contribution in [1.29, 1.82) is 0 Å². The van der Waals surface area contributed by atoms with E-state index in [-0.39, 0.29) is 4.91 Å². The van der Waals surface area contributed by atoms with E-state index >= 15 is 0 Å². The zero-order valence-corrected chi connectivity index (χ0v) is 14.5. The summed E-state index contributed by atoms with van der Waals surface area (Å²) in [6.07, 6.45) is 2.03. The maximum Gasteiger partial charge on any atom is 0.269 e. The molecule has 0 aromatic heterocycles. The molecule has 1 aliphatic heterocycles. The maximum atomic E-state index is 12.7. The van der Waals surface area contributed by atoms with Crippen molar-refractivity contribution in [3.05, 3.63) is 39.3 Å². The molecule has 0 fully saturated rings. The van der Waals surface area contributed by atoms with Crippen LogP contribution in [0.3, 0.4) is 0 Å². The molecular weight excluding hydrogens is 356 g/mol. The predicted molar refractivity (Wildman–Crippen MR) is 86.8 cm³/mol. The summed E-state index contributed by atoms with van der Waals surface area (Å²) in [6.45, 7) is 2.24. The Morgan fingerprint density at radius 1 is 1.33 bits per heavy atom. The van der Waals surface area contributed by atoms with E-state index in [4.69, 9.17) is 0 Å². The van der Waals surface area contributed by atoms with Crippen molar-refractivity contribution in [3.63, 3.8) is 0 Å². The summed E-state index contributed by atoms with van der Waals surface area (Å²) >= 11 is 3.33. The molecule has 0 unspecified atom stereocenters. The second-order valence-corrected chi connectivity index (χ2v) is 7.77. The number of hydrogen-bond acceptors (Lipinski definition) is 4. The molecule has 0 spiro atoms. The molecule has 0 atom stereocenters. The van der Waals surface area contributed by atoms with Gasteiger partial charge in [0.1, 0.15) is 0 Å². The lowest BCUT2D eigenvalue weighted by atomic mass is 10.1. The SMILES string of the molecule is CCCN1c2ccc(Br)cc2C(=O)C(=CN(C)C)S1(=O)=O. The third-order valence-electron chi connectivity index (χ3n) is 3.07. The average Bonchev–Trinajstić information content (AvgIpc) is 2.40. The molecule has 1 heterocycles. The van der Waals surface area contributed by atoms with Crippen molar-refractivity contribution in [1.82, 2.24) is 4.90 Å². The minimum Gasteiger partial charge on any atom is -0.382 e. The Morgan fingerprint density at radius 2 is 2.00 bits per heavy atom. The van der Waals surface area contributed by atoms with Crippen LogP contribution in [0.25, 0.3) is 0 Å². The normalized spacial score (nSPS) is 18.8. The first-order valence-corrected chi connectivity index (χ1v) is 8.77. The Bertz CT molecular complexity index is 711. The van der Waals surface area contributed by atoms with Crippen molar-refractivity contribution >= 4 is 37.4 Å². The number of Topliss-reactive ketones (excluding diaryl/α,β-unsaturated/α-hetero) is 1. The lowest BCUT2D eigenvalue weighted by Crippen LogP contribution is -2.40. The quantitative estimate of drug-likeness (QED) is 0.765. The molecule has 2 rings (SSSR count). The number of sulfonamides is 1.